The number of benzene rings is 1. The van der Waals surface area contributed by atoms with E-state index in [0.29, 0.717) is 6.54 Å². The number of carbonyl (C=O) groups is 1. The highest BCUT2D eigenvalue weighted by Gasteiger charge is 2.26. The number of fused-ring (bicyclic) bond motifs is 1. The number of aromatic nitrogens is 2. The van der Waals surface area contributed by atoms with Gasteiger partial charge in [0.05, 0.1) is 0 Å². The maximum atomic E-state index is 12.8. The number of aryl methyl sites for hydroxylation is 1. The molecule has 1 saturated heterocycles. The number of hydrogen-bond donors (Lipinski definition) is 1. The van der Waals surface area contributed by atoms with Gasteiger partial charge < -0.3 is 15.1 Å². The number of rotatable bonds is 7. The summed E-state index contributed by atoms with van der Waals surface area (Å²) in [6.07, 6.45) is 8.16. The fraction of sp³-hybridized carbons (Fsp3) is 0.560. The molecule has 2 heterocycles. The minimum atomic E-state index is 0.00637. The lowest BCUT2D eigenvalue weighted by Crippen LogP contribution is -2.35. The normalized spacial score (nSPS) is 18.4. The van der Waals surface area contributed by atoms with E-state index in [1.165, 1.54) is 24.9 Å². The largest absolute Gasteiger partial charge is 0.372 e. The molecule has 6 nitrogen and oxygen atoms in total. The molecule has 2 aliphatic rings. The highest BCUT2D eigenvalue weighted by atomic mass is 16.1. The van der Waals surface area contributed by atoms with Gasteiger partial charge in [0.25, 0.3) is 0 Å². The Hall–Kier alpha value is -2.63. The minimum absolute atomic E-state index is 0.00637. The van der Waals surface area contributed by atoms with Crippen LogP contribution in [0, 0.1) is 5.92 Å². The van der Waals surface area contributed by atoms with Gasteiger partial charge >= 0.3 is 0 Å². The topological polar surface area (TPSA) is 61.4 Å². The number of amides is 1. The molecule has 0 radical (unpaired) electrons. The average Bonchev–Trinajstić information content (AvgIpc) is 2.84. The van der Waals surface area contributed by atoms with Gasteiger partial charge in [0.1, 0.15) is 0 Å². The Morgan fingerprint density at radius 2 is 1.87 bits per heavy atom. The standard InChI is InChI=1S/C25H35N5O/c1-3-29(4-2)22-11-8-19(9-12-22)17-26-24(31)20-10-13-23-21(16-20)18-27-25(28-23)30-14-6-5-7-15-30/h8-9,11-12,18,20H,3-7,10,13-17H2,1-2H3,(H,26,31). The quantitative estimate of drug-likeness (QED) is 0.738. The van der Waals surface area contributed by atoms with E-state index in [0.717, 1.165) is 68.2 Å². The summed E-state index contributed by atoms with van der Waals surface area (Å²) in [5, 5.41) is 3.14. The van der Waals surface area contributed by atoms with Crippen molar-refractivity contribution in [3.05, 3.63) is 47.3 Å². The van der Waals surface area contributed by atoms with Crippen LogP contribution in [0.4, 0.5) is 11.6 Å². The summed E-state index contributed by atoms with van der Waals surface area (Å²) < 4.78 is 0. The molecule has 1 aromatic carbocycles. The van der Waals surface area contributed by atoms with Gasteiger partial charge in [0.2, 0.25) is 11.9 Å². The molecule has 1 aliphatic carbocycles. The first-order valence-electron chi connectivity index (χ1n) is 11.9. The number of hydrogen-bond acceptors (Lipinski definition) is 5. The van der Waals surface area contributed by atoms with Crippen LogP contribution in [-0.2, 0) is 24.2 Å². The molecule has 0 bridgehead atoms. The molecule has 1 atom stereocenters. The van der Waals surface area contributed by atoms with E-state index in [9.17, 15) is 4.79 Å². The smallest absolute Gasteiger partial charge is 0.225 e. The van der Waals surface area contributed by atoms with E-state index in [4.69, 9.17) is 4.98 Å². The third kappa shape index (κ3) is 5.17. The lowest BCUT2D eigenvalue weighted by Gasteiger charge is -2.28. The predicted molar refractivity (Wildman–Crippen MR) is 125 cm³/mol. The zero-order chi connectivity index (χ0) is 21.6. The first-order valence-corrected chi connectivity index (χ1v) is 11.9. The highest BCUT2D eigenvalue weighted by Crippen LogP contribution is 2.26. The number of anilines is 2. The van der Waals surface area contributed by atoms with Gasteiger partial charge in [-0.3, -0.25) is 4.79 Å². The van der Waals surface area contributed by atoms with Crippen LogP contribution in [0.25, 0.3) is 0 Å². The molecule has 1 aromatic heterocycles. The van der Waals surface area contributed by atoms with Crippen molar-refractivity contribution in [2.45, 2.75) is 58.9 Å². The summed E-state index contributed by atoms with van der Waals surface area (Å²) in [7, 11) is 0. The molecule has 166 valence electrons. The molecule has 31 heavy (non-hydrogen) atoms. The Morgan fingerprint density at radius 1 is 1.13 bits per heavy atom. The van der Waals surface area contributed by atoms with Crippen molar-refractivity contribution in [3.63, 3.8) is 0 Å². The van der Waals surface area contributed by atoms with Crippen LogP contribution >= 0.6 is 0 Å². The maximum absolute atomic E-state index is 12.8. The van der Waals surface area contributed by atoms with Crippen molar-refractivity contribution in [2.24, 2.45) is 5.92 Å². The average molecular weight is 422 g/mol. The molecule has 1 amide bonds. The Morgan fingerprint density at radius 3 is 2.58 bits per heavy atom. The van der Waals surface area contributed by atoms with E-state index >= 15 is 0 Å². The van der Waals surface area contributed by atoms with Crippen molar-refractivity contribution in [1.82, 2.24) is 15.3 Å². The second-order valence-corrected chi connectivity index (χ2v) is 8.69. The first kappa shape index (κ1) is 21.6. The molecule has 1 N–H and O–H groups in total. The molecular formula is C25H35N5O. The van der Waals surface area contributed by atoms with E-state index in [-0.39, 0.29) is 11.8 Å². The predicted octanol–water partition coefficient (Wildman–Crippen LogP) is 3.73. The van der Waals surface area contributed by atoms with E-state index < -0.39 is 0 Å². The second-order valence-electron chi connectivity index (χ2n) is 8.69. The molecule has 6 heteroatoms. The number of nitrogens with one attached hydrogen (secondary N) is 1. The van der Waals surface area contributed by atoms with Crippen molar-refractivity contribution >= 4 is 17.5 Å². The van der Waals surface area contributed by atoms with Gasteiger partial charge in [-0.1, -0.05) is 12.1 Å². The Labute approximate surface area is 186 Å². The van der Waals surface area contributed by atoms with Gasteiger partial charge in [-0.2, -0.15) is 0 Å². The Balaban J connectivity index is 1.31. The summed E-state index contributed by atoms with van der Waals surface area (Å²) in [4.78, 5) is 26.9. The fourth-order valence-electron chi connectivity index (χ4n) is 4.71. The third-order valence-electron chi connectivity index (χ3n) is 6.68. The molecule has 2 aromatic rings. The van der Waals surface area contributed by atoms with E-state index in [2.05, 4.69) is 58.2 Å². The van der Waals surface area contributed by atoms with Crippen molar-refractivity contribution < 1.29 is 4.79 Å². The molecular weight excluding hydrogens is 386 g/mol. The summed E-state index contributed by atoms with van der Waals surface area (Å²) in [5.74, 6) is 1.01. The monoisotopic (exact) mass is 421 g/mol. The molecule has 0 spiro atoms. The van der Waals surface area contributed by atoms with Crippen LogP contribution in [0.3, 0.4) is 0 Å². The highest BCUT2D eigenvalue weighted by molar-refractivity contribution is 5.79. The Kier molecular flexibility index (Phi) is 7.05. The van der Waals surface area contributed by atoms with Crippen LogP contribution in [0.15, 0.2) is 30.5 Å². The SMILES string of the molecule is CCN(CC)c1ccc(CNC(=O)C2CCc3nc(N4CCCCC4)ncc3C2)cc1. The maximum Gasteiger partial charge on any atom is 0.225 e. The summed E-state index contributed by atoms with van der Waals surface area (Å²) in [5.41, 5.74) is 4.63. The molecule has 0 saturated carbocycles. The third-order valence-corrected chi connectivity index (χ3v) is 6.68. The van der Waals surface area contributed by atoms with Crippen LogP contribution in [0.1, 0.15) is 56.4 Å². The number of carbonyl (C=O) groups excluding carboxylic acids is 1. The zero-order valence-corrected chi connectivity index (χ0v) is 18.9. The Bertz CT molecular complexity index is 872. The lowest BCUT2D eigenvalue weighted by atomic mass is 9.86. The van der Waals surface area contributed by atoms with Crippen molar-refractivity contribution in [1.29, 1.82) is 0 Å². The summed E-state index contributed by atoms with van der Waals surface area (Å²) in [6.45, 7) is 9.02. The van der Waals surface area contributed by atoms with Gasteiger partial charge in [-0.05, 0) is 75.6 Å². The van der Waals surface area contributed by atoms with Gasteiger partial charge in [-0.25, -0.2) is 9.97 Å². The van der Waals surface area contributed by atoms with Crippen LogP contribution < -0.4 is 15.1 Å². The number of nitrogens with zero attached hydrogens (tertiary/aromatic N) is 4. The van der Waals surface area contributed by atoms with Crippen LogP contribution in [-0.4, -0.2) is 42.1 Å². The lowest BCUT2D eigenvalue weighted by molar-refractivity contribution is -0.125. The fourth-order valence-corrected chi connectivity index (χ4v) is 4.71. The molecule has 1 fully saturated rings. The molecule has 1 unspecified atom stereocenters. The van der Waals surface area contributed by atoms with Crippen LogP contribution in [0.5, 0.6) is 0 Å². The van der Waals surface area contributed by atoms with E-state index in [1.54, 1.807) is 0 Å². The first-order chi connectivity index (χ1) is 15.2. The molecule has 4 rings (SSSR count). The molecule has 1 aliphatic heterocycles. The van der Waals surface area contributed by atoms with Gasteiger partial charge in [-0.15, -0.1) is 0 Å². The van der Waals surface area contributed by atoms with E-state index in [1.807, 2.05) is 6.20 Å². The van der Waals surface area contributed by atoms with Crippen molar-refractivity contribution in [3.8, 4) is 0 Å². The van der Waals surface area contributed by atoms with Gasteiger partial charge in [0, 0.05) is 56.2 Å². The summed E-state index contributed by atoms with van der Waals surface area (Å²) >= 11 is 0. The summed E-state index contributed by atoms with van der Waals surface area (Å²) in [6, 6.07) is 8.51. The number of piperidine rings is 1. The zero-order valence-electron chi connectivity index (χ0n) is 18.9. The van der Waals surface area contributed by atoms with Gasteiger partial charge in [0.15, 0.2) is 0 Å². The van der Waals surface area contributed by atoms with Crippen molar-refractivity contribution in [2.75, 3.05) is 36.0 Å². The second kappa shape index (κ2) is 10.1. The van der Waals surface area contributed by atoms with Crippen LogP contribution in [0.2, 0.25) is 0 Å². The minimum Gasteiger partial charge on any atom is -0.372 e.